The molecule has 4 nitrogen and oxygen atoms in total. The quantitative estimate of drug-likeness (QED) is 0.346. The van der Waals surface area contributed by atoms with Gasteiger partial charge >= 0.3 is 103 Å². The molecule has 0 aromatic carbocycles. The molecule has 0 fully saturated rings. The van der Waals surface area contributed by atoms with Gasteiger partial charge in [-0.1, -0.05) is 0 Å². The fourth-order valence-corrected chi connectivity index (χ4v) is 0. The number of carboxylic acid groups (broad SMARTS) is 2. The Bertz CT molecular complexity index is 85.5. The van der Waals surface area contributed by atoms with Crippen LogP contribution in [0.2, 0.25) is 0 Å². The first-order valence-corrected chi connectivity index (χ1v) is 1.34. The largest absolute Gasteiger partial charge is 1.00 e. The van der Waals surface area contributed by atoms with Crippen LogP contribution in [0.1, 0.15) is 6.92 Å². The standard InChI is InChI=1S/C2H3N.CH2O3.2K/c1-2-3;2-1(3)4;;/h1H3;(H2,2,3,4);;/q;;2*+1/p-2. The molecule has 0 unspecified atom stereocenters. The fraction of sp³-hybridized carbons (Fsp3) is 0.333. The number of nitrogens with zero attached hydrogens (tertiary/aromatic N) is 1. The molecular formula is C3H3K2NO3. The van der Waals surface area contributed by atoms with Gasteiger partial charge in [-0.15, -0.1) is 0 Å². The van der Waals surface area contributed by atoms with E-state index in [1.807, 2.05) is 0 Å². The zero-order chi connectivity index (χ0) is 6.28. The van der Waals surface area contributed by atoms with Gasteiger partial charge in [0.25, 0.3) is 0 Å². The van der Waals surface area contributed by atoms with E-state index in [1.165, 1.54) is 6.92 Å². The molecule has 0 amide bonds. The Kier molecular flexibility index (Phi) is 56.1. The molecule has 40 valence electrons. The molecule has 0 atom stereocenters. The van der Waals surface area contributed by atoms with Crippen molar-refractivity contribution in [3.05, 3.63) is 0 Å². The minimum absolute atomic E-state index is 0. The van der Waals surface area contributed by atoms with E-state index in [1.54, 1.807) is 6.07 Å². The maximum absolute atomic E-state index is 8.33. The number of hydrogen-bond donors (Lipinski definition) is 0. The van der Waals surface area contributed by atoms with Crippen LogP contribution >= 0.6 is 0 Å². The van der Waals surface area contributed by atoms with Crippen LogP contribution in [0, 0.1) is 11.3 Å². The van der Waals surface area contributed by atoms with Gasteiger partial charge in [0, 0.05) is 6.92 Å². The summed E-state index contributed by atoms with van der Waals surface area (Å²) in [7, 11) is 0. The molecular weight excluding hydrogens is 176 g/mol. The van der Waals surface area contributed by atoms with E-state index in [0.29, 0.717) is 0 Å². The van der Waals surface area contributed by atoms with Crippen LogP contribution in [0.15, 0.2) is 0 Å². The van der Waals surface area contributed by atoms with E-state index in [9.17, 15) is 0 Å². The second-order valence-electron chi connectivity index (χ2n) is 0.474. The Morgan fingerprint density at radius 2 is 1.44 bits per heavy atom. The average molecular weight is 179 g/mol. The summed E-state index contributed by atoms with van der Waals surface area (Å²) in [5.41, 5.74) is 0. The maximum atomic E-state index is 8.33. The first-order chi connectivity index (χ1) is 3.15. The fourth-order valence-electron chi connectivity index (χ4n) is 0. The smallest absolute Gasteiger partial charge is 0.652 e. The van der Waals surface area contributed by atoms with Crippen molar-refractivity contribution in [1.29, 1.82) is 5.26 Å². The summed E-state index contributed by atoms with van der Waals surface area (Å²) < 4.78 is 0. The van der Waals surface area contributed by atoms with Gasteiger partial charge in [0.15, 0.2) is 0 Å². The van der Waals surface area contributed by atoms with Crippen molar-refractivity contribution in [3.8, 4) is 6.07 Å². The number of rotatable bonds is 0. The summed E-state index contributed by atoms with van der Waals surface area (Å²) in [6.07, 6.45) is -2.33. The molecule has 0 aromatic heterocycles. The van der Waals surface area contributed by atoms with Gasteiger partial charge in [0.05, 0.1) is 6.07 Å². The Labute approximate surface area is 138 Å². The molecule has 9 heavy (non-hydrogen) atoms. The van der Waals surface area contributed by atoms with E-state index in [4.69, 9.17) is 20.3 Å². The monoisotopic (exact) mass is 179 g/mol. The van der Waals surface area contributed by atoms with Crippen LogP contribution < -0.4 is 113 Å². The van der Waals surface area contributed by atoms with Gasteiger partial charge in [0.2, 0.25) is 0 Å². The normalized spacial score (nSPS) is 3.56. The Hall–Kier alpha value is 2.03. The summed E-state index contributed by atoms with van der Waals surface area (Å²) >= 11 is 0. The Morgan fingerprint density at radius 1 is 1.44 bits per heavy atom. The third-order valence-corrected chi connectivity index (χ3v) is 0. The van der Waals surface area contributed by atoms with Crippen molar-refractivity contribution in [3.63, 3.8) is 0 Å². The van der Waals surface area contributed by atoms with Gasteiger partial charge in [-0.05, 0) is 6.16 Å². The van der Waals surface area contributed by atoms with Gasteiger partial charge in [0.1, 0.15) is 0 Å². The van der Waals surface area contributed by atoms with Gasteiger partial charge in [-0.25, -0.2) is 0 Å². The molecule has 0 bridgehead atoms. The molecule has 0 rings (SSSR count). The van der Waals surface area contributed by atoms with E-state index in [2.05, 4.69) is 0 Å². The van der Waals surface area contributed by atoms with Crippen molar-refractivity contribution in [2.24, 2.45) is 0 Å². The Balaban J connectivity index is -0.0000000233. The predicted octanol–water partition coefficient (Wildman–Crippen LogP) is -7.91. The summed E-state index contributed by atoms with van der Waals surface area (Å²) in [4.78, 5) is 8.33. The van der Waals surface area contributed by atoms with E-state index < -0.39 is 6.16 Å². The zero-order valence-electron chi connectivity index (χ0n) is 5.67. The molecule has 0 aliphatic carbocycles. The number of hydrogen-bond acceptors (Lipinski definition) is 4. The van der Waals surface area contributed by atoms with Crippen molar-refractivity contribution < 1.29 is 118 Å². The molecule has 0 saturated carbocycles. The van der Waals surface area contributed by atoms with Gasteiger partial charge in [-0.2, -0.15) is 5.26 Å². The zero-order valence-corrected chi connectivity index (χ0v) is 11.9. The van der Waals surface area contributed by atoms with Crippen molar-refractivity contribution >= 4 is 6.16 Å². The summed E-state index contributed by atoms with van der Waals surface area (Å²) in [6, 6.07) is 1.75. The van der Waals surface area contributed by atoms with E-state index in [-0.39, 0.29) is 103 Å². The molecule has 0 N–H and O–H groups in total. The third kappa shape index (κ3) is 157. The summed E-state index contributed by atoms with van der Waals surface area (Å²) in [5.74, 6) is 0. The van der Waals surface area contributed by atoms with Crippen LogP contribution in [0.25, 0.3) is 0 Å². The Morgan fingerprint density at radius 3 is 1.44 bits per heavy atom. The SMILES string of the molecule is CC#N.O=C([O-])[O-].[K+].[K+]. The number of carbonyl (C=O) groups excluding carboxylic acids is 1. The molecule has 0 aromatic rings. The minimum Gasteiger partial charge on any atom is -0.652 e. The molecule has 0 saturated heterocycles. The summed E-state index contributed by atoms with van der Waals surface area (Å²) in [6.45, 7) is 1.43. The summed E-state index contributed by atoms with van der Waals surface area (Å²) in [5, 5.41) is 24.0. The van der Waals surface area contributed by atoms with Gasteiger partial charge < -0.3 is 15.0 Å². The van der Waals surface area contributed by atoms with Gasteiger partial charge in [-0.3, -0.25) is 0 Å². The van der Waals surface area contributed by atoms with Crippen LogP contribution in [-0.2, 0) is 0 Å². The third-order valence-electron chi connectivity index (χ3n) is 0. The minimum atomic E-state index is -2.33. The molecule has 0 aliphatic heterocycles. The molecule has 6 heteroatoms. The predicted molar refractivity (Wildman–Crippen MR) is 16.7 cm³/mol. The maximum Gasteiger partial charge on any atom is 1.00 e. The molecule has 0 heterocycles. The van der Waals surface area contributed by atoms with Crippen LogP contribution in [0.4, 0.5) is 4.79 Å². The van der Waals surface area contributed by atoms with E-state index >= 15 is 0 Å². The topological polar surface area (TPSA) is 87.0 Å². The average Bonchev–Trinajstić information content (AvgIpc) is 1.33. The number of nitriles is 1. The second-order valence-corrected chi connectivity index (χ2v) is 0.474. The number of carbonyl (C=O) groups is 1. The first kappa shape index (κ1) is 22.5. The van der Waals surface area contributed by atoms with Crippen molar-refractivity contribution in [2.45, 2.75) is 6.92 Å². The molecule has 0 aliphatic rings. The van der Waals surface area contributed by atoms with E-state index in [0.717, 1.165) is 0 Å². The molecule has 0 radical (unpaired) electrons. The molecule has 0 spiro atoms. The second kappa shape index (κ2) is 22.5. The van der Waals surface area contributed by atoms with Crippen LogP contribution in [0.3, 0.4) is 0 Å². The van der Waals surface area contributed by atoms with Crippen molar-refractivity contribution in [1.82, 2.24) is 0 Å². The van der Waals surface area contributed by atoms with Crippen molar-refractivity contribution in [2.75, 3.05) is 0 Å². The first-order valence-electron chi connectivity index (χ1n) is 1.34. The van der Waals surface area contributed by atoms with Crippen LogP contribution in [0.5, 0.6) is 0 Å². The van der Waals surface area contributed by atoms with Crippen LogP contribution in [-0.4, -0.2) is 6.16 Å².